The summed E-state index contributed by atoms with van der Waals surface area (Å²) in [6, 6.07) is 4.74. The molecule has 2 aliphatic rings. The number of halogens is 1. The molecule has 170 valence electrons. The van der Waals surface area contributed by atoms with Crippen molar-refractivity contribution in [2.45, 2.75) is 38.6 Å². The number of aryl methyl sites for hydroxylation is 1. The summed E-state index contributed by atoms with van der Waals surface area (Å²) in [6.45, 7) is 9.38. The standard InChI is InChI=1S/C22H38N6O.HI/c1-18-4-5-21(24-16-18)28-12-8-20(9-13-28)26-22(23-2)25-17-19-6-10-27(11-7-19)14-15-29-3;/h4-5,16,19-20H,6-15,17H2,1-3H3,(H2,23,25,26);1H. The van der Waals surface area contributed by atoms with Crippen molar-refractivity contribution in [1.29, 1.82) is 0 Å². The highest BCUT2D eigenvalue weighted by atomic mass is 127. The quantitative estimate of drug-likeness (QED) is 0.321. The van der Waals surface area contributed by atoms with Crippen molar-refractivity contribution in [3.05, 3.63) is 23.9 Å². The van der Waals surface area contributed by atoms with Gasteiger partial charge in [0.25, 0.3) is 0 Å². The zero-order valence-corrected chi connectivity index (χ0v) is 21.1. The molecule has 30 heavy (non-hydrogen) atoms. The van der Waals surface area contributed by atoms with Gasteiger partial charge in [0, 0.05) is 52.6 Å². The number of nitrogens with zero attached hydrogens (tertiary/aromatic N) is 4. The number of hydrogen-bond acceptors (Lipinski definition) is 5. The maximum absolute atomic E-state index is 5.19. The molecule has 2 saturated heterocycles. The zero-order valence-electron chi connectivity index (χ0n) is 18.8. The summed E-state index contributed by atoms with van der Waals surface area (Å²) in [4.78, 5) is 13.9. The van der Waals surface area contributed by atoms with Gasteiger partial charge in [-0.3, -0.25) is 4.99 Å². The zero-order chi connectivity index (χ0) is 20.5. The van der Waals surface area contributed by atoms with Crippen LogP contribution in [0.15, 0.2) is 23.3 Å². The first-order chi connectivity index (χ1) is 14.2. The third kappa shape index (κ3) is 7.85. The van der Waals surface area contributed by atoms with Gasteiger partial charge >= 0.3 is 0 Å². The van der Waals surface area contributed by atoms with Gasteiger partial charge in [-0.05, 0) is 63.2 Å². The Hall–Kier alpha value is -1.13. The number of methoxy groups -OCH3 is 1. The molecule has 2 fully saturated rings. The summed E-state index contributed by atoms with van der Waals surface area (Å²) in [5.74, 6) is 2.76. The minimum Gasteiger partial charge on any atom is -0.383 e. The molecule has 0 radical (unpaired) electrons. The molecule has 0 amide bonds. The van der Waals surface area contributed by atoms with Gasteiger partial charge in [-0.1, -0.05) is 6.07 Å². The van der Waals surface area contributed by atoms with Gasteiger partial charge in [-0.15, -0.1) is 24.0 Å². The number of pyridine rings is 1. The third-order valence-electron chi connectivity index (χ3n) is 6.16. The van der Waals surface area contributed by atoms with Crippen LogP contribution in [0.25, 0.3) is 0 Å². The molecule has 0 atom stereocenters. The lowest BCUT2D eigenvalue weighted by Gasteiger charge is -2.34. The highest BCUT2D eigenvalue weighted by Crippen LogP contribution is 2.18. The van der Waals surface area contributed by atoms with Crippen molar-refractivity contribution in [2.24, 2.45) is 10.9 Å². The molecule has 8 heteroatoms. The van der Waals surface area contributed by atoms with E-state index in [1.165, 1.54) is 31.5 Å². The Labute approximate surface area is 199 Å². The fourth-order valence-corrected chi connectivity index (χ4v) is 4.16. The van der Waals surface area contributed by atoms with E-state index in [1.807, 2.05) is 13.2 Å². The molecule has 0 unspecified atom stereocenters. The van der Waals surface area contributed by atoms with Crippen LogP contribution in [-0.4, -0.2) is 81.9 Å². The molecular formula is C22H39IN6O. The Morgan fingerprint density at radius 3 is 2.50 bits per heavy atom. The van der Waals surface area contributed by atoms with Crippen molar-refractivity contribution in [3.63, 3.8) is 0 Å². The molecule has 0 bridgehead atoms. The van der Waals surface area contributed by atoms with Crippen LogP contribution in [0.3, 0.4) is 0 Å². The molecule has 7 nitrogen and oxygen atoms in total. The predicted molar refractivity (Wildman–Crippen MR) is 135 cm³/mol. The number of anilines is 1. The number of aliphatic imine (C=N–C) groups is 1. The summed E-state index contributed by atoms with van der Waals surface area (Å²) in [7, 11) is 3.65. The molecule has 3 rings (SSSR count). The fourth-order valence-electron chi connectivity index (χ4n) is 4.16. The molecule has 0 spiro atoms. The lowest BCUT2D eigenvalue weighted by atomic mass is 9.97. The molecule has 0 aliphatic carbocycles. The second kappa shape index (κ2) is 13.3. The second-order valence-electron chi connectivity index (χ2n) is 8.33. The van der Waals surface area contributed by atoms with Gasteiger partial charge in [-0.25, -0.2) is 4.98 Å². The first-order valence-electron chi connectivity index (χ1n) is 11.0. The number of ether oxygens (including phenoxy) is 1. The lowest BCUT2D eigenvalue weighted by molar-refractivity contribution is 0.121. The summed E-state index contributed by atoms with van der Waals surface area (Å²) in [5.41, 5.74) is 1.21. The van der Waals surface area contributed by atoms with E-state index in [1.54, 1.807) is 7.11 Å². The van der Waals surface area contributed by atoms with E-state index < -0.39 is 0 Å². The molecular weight excluding hydrogens is 491 g/mol. The maximum atomic E-state index is 5.19. The van der Waals surface area contributed by atoms with Crippen molar-refractivity contribution < 1.29 is 4.74 Å². The Balaban J connectivity index is 0.00000320. The Bertz CT molecular complexity index is 625. The molecule has 2 N–H and O–H groups in total. The number of hydrogen-bond donors (Lipinski definition) is 2. The van der Waals surface area contributed by atoms with Gasteiger partial charge < -0.3 is 25.2 Å². The number of likely N-dealkylation sites (tertiary alicyclic amines) is 1. The first kappa shape index (κ1) is 25.1. The molecule has 0 saturated carbocycles. The van der Waals surface area contributed by atoms with Crippen LogP contribution in [0.1, 0.15) is 31.2 Å². The summed E-state index contributed by atoms with van der Waals surface area (Å²) >= 11 is 0. The van der Waals surface area contributed by atoms with E-state index in [9.17, 15) is 0 Å². The molecule has 1 aromatic heterocycles. The minimum atomic E-state index is 0. The van der Waals surface area contributed by atoms with Gasteiger partial charge in [0.05, 0.1) is 6.61 Å². The minimum absolute atomic E-state index is 0. The van der Waals surface area contributed by atoms with Crippen LogP contribution in [-0.2, 0) is 4.74 Å². The van der Waals surface area contributed by atoms with Crippen molar-refractivity contribution in [1.82, 2.24) is 20.5 Å². The predicted octanol–water partition coefficient (Wildman–Crippen LogP) is 2.50. The largest absolute Gasteiger partial charge is 0.383 e. The number of aromatic nitrogens is 1. The van der Waals surface area contributed by atoms with E-state index in [0.29, 0.717) is 6.04 Å². The fraction of sp³-hybridized carbons (Fsp3) is 0.727. The summed E-state index contributed by atoms with van der Waals surface area (Å²) in [6.07, 6.45) is 6.65. The van der Waals surface area contributed by atoms with Crippen LogP contribution < -0.4 is 15.5 Å². The van der Waals surface area contributed by atoms with E-state index in [0.717, 1.165) is 63.3 Å². The average molecular weight is 530 g/mol. The van der Waals surface area contributed by atoms with Crippen LogP contribution in [0.4, 0.5) is 5.82 Å². The highest BCUT2D eigenvalue weighted by molar-refractivity contribution is 14.0. The SMILES string of the molecule is CN=C(NCC1CCN(CCOC)CC1)NC1CCN(c2ccc(C)cn2)CC1.I. The van der Waals surface area contributed by atoms with Crippen molar-refractivity contribution in [3.8, 4) is 0 Å². The number of piperidine rings is 2. The van der Waals surface area contributed by atoms with Crippen molar-refractivity contribution in [2.75, 3.05) is 64.9 Å². The van der Waals surface area contributed by atoms with Gasteiger partial charge in [-0.2, -0.15) is 0 Å². The number of rotatable bonds is 7. The lowest BCUT2D eigenvalue weighted by Crippen LogP contribution is -2.50. The normalized spacial score (nSPS) is 19.4. The Morgan fingerprint density at radius 2 is 1.90 bits per heavy atom. The molecule has 1 aromatic rings. The van der Waals surface area contributed by atoms with Crippen LogP contribution >= 0.6 is 24.0 Å². The average Bonchev–Trinajstić information content (AvgIpc) is 2.77. The highest BCUT2D eigenvalue weighted by Gasteiger charge is 2.22. The number of nitrogens with one attached hydrogen (secondary N) is 2. The van der Waals surface area contributed by atoms with E-state index in [-0.39, 0.29) is 24.0 Å². The summed E-state index contributed by atoms with van der Waals surface area (Å²) in [5, 5.41) is 7.19. The van der Waals surface area contributed by atoms with Crippen LogP contribution in [0, 0.1) is 12.8 Å². The second-order valence-corrected chi connectivity index (χ2v) is 8.33. The van der Waals surface area contributed by atoms with Crippen molar-refractivity contribution >= 4 is 35.8 Å². The Kier molecular flexibility index (Phi) is 11.2. The van der Waals surface area contributed by atoms with Gasteiger partial charge in [0.2, 0.25) is 0 Å². The maximum Gasteiger partial charge on any atom is 0.191 e. The van der Waals surface area contributed by atoms with E-state index in [2.05, 4.69) is 49.5 Å². The molecule has 3 heterocycles. The first-order valence-corrected chi connectivity index (χ1v) is 11.0. The van der Waals surface area contributed by atoms with Crippen LogP contribution in [0.2, 0.25) is 0 Å². The van der Waals surface area contributed by atoms with E-state index >= 15 is 0 Å². The summed E-state index contributed by atoms with van der Waals surface area (Å²) < 4.78 is 5.19. The van der Waals surface area contributed by atoms with E-state index in [4.69, 9.17) is 4.74 Å². The third-order valence-corrected chi connectivity index (χ3v) is 6.16. The number of guanidine groups is 1. The van der Waals surface area contributed by atoms with Gasteiger partial charge in [0.1, 0.15) is 5.82 Å². The van der Waals surface area contributed by atoms with Gasteiger partial charge in [0.15, 0.2) is 5.96 Å². The topological polar surface area (TPSA) is 65.0 Å². The molecule has 2 aliphatic heterocycles. The molecule has 0 aromatic carbocycles. The monoisotopic (exact) mass is 530 g/mol. The Morgan fingerprint density at radius 1 is 1.17 bits per heavy atom. The smallest absolute Gasteiger partial charge is 0.191 e. The van der Waals surface area contributed by atoms with Crippen LogP contribution in [0.5, 0.6) is 0 Å².